The van der Waals surface area contributed by atoms with Gasteiger partial charge in [-0.3, -0.25) is 4.98 Å². The molecule has 0 aliphatic carbocycles. The molecule has 0 amide bonds. The molecular weight excluding hydrogens is 382 g/mol. The lowest BCUT2D eigenvalue weighted by atomic mass is 9.92. The van der Waals surface area contributed by atoms with Gasteiger partial charge in [0, 0.05) is 17.2 Å². The molecule has 1 unspecified atom stereocenters. The number of carbonyl (C=O) groups is 2. The van der Waals surface area contributed by atoms with E-state index in [1.807, 2.05) is 0 Å². The molecule has 0 N–H and O–H groups in total. The third-order valence-corrected chi connectivity index (χ3v) is 4.93. The van der Waals surface area contributed by atoms with Crippen LogP contribution < -0.4 is 0 Å². The van der Waals surface area contributed by atoms with Crippen molar-refractivity contribution in [1.82, 2.24) is 4.98 Å². The van der Waals surface area contributed by atoms with Crippen LogP contribution in [-0.2, 0) is 14.2 Å². The molecule has 1 aliphatic heterocycles. The third-order valence-electron chi connectivity index (χ3n) is 4.69. The molecule has 1 saturated heterocycles. The highest BCUT2D eigenvalue weighted by atomic mass is 35.5. The summed E-state index contributed by atoms with van der Waals surface area (Å²) >= 11 is 6.15. The van der Waals surface area contributed by atoms with Crippen molar-refractivity contribution < 1.29 is 23.8 Å². The van der Waals surface area contributed by atoms with E-state index in [4.69, 9.17) is 25.8 Å². The van der Waals surface area contributed by atoms with Gasteiger partial charge in [-0.05, 0) is 44.4 Å². The predicted molar refractivity (Wildman–Crippen MR) is 105 cm³/mol. The van der Waals surface area contributed by atoms with E-state index in [1.165, 1.54) is 7.11 Å². The van der Waals surface area contributed by atoms with Crippen LogP contribution in [0.1, 0.15) is 44.9 Å². The Morgan fingerprint density at radius 3 is 2.54 bits per heavy atom. The summed E-state index contributed by atoms with van der Waals surface area (Å²) in [6, 6.07) is 6.95. The van der Waals surface area contributed by atoms with Crippen molar-refractivity contribution in [2.45, 2.75) is 32.8 Å². The van der Waals surface area contributed by atoms with Crippen LogP contribution in [0.25, 0.3) is 11.1 Å². The Bertz CT molecular complexity index is 906. The normalized spacial score (nSPS) is 16.1. The van der Waals surface area contributed by atoms with Crippen LogP contribution in [0.15, 0.2) is 24.3 Å². The lowest BCUT2D eigenvalue weighted by Crippen LogP contribution is -2.21. The summed E-state index contributed by atoms with van der Waals surface area (Å²) < 4.78 is 16.0. The Hall–Kier alpha value is -2.44. The van der Waals surface area contributed by atoms with E-state index in [1.54, 1.807) is 38.1 Å². The van der Waals surface area contributed by atoms with Gasteiger partial charge in [-0.2, -0.15) is 0 Å². The SMILES string of the molecule is COC(=O)c1c(C)nc(C)c(C(=O)OCC2CCCO2)c1-c1cccc(Cl)c1. The fraction of sp³-hybridized carbons (Fsp3) is 0.381. The van der Waals surface area contributed by atoms with Gasteiger partial charge in [0.05, 0.1) is 35.7 Å². The fourth-order valence-electron chi connectivity index (χ4n) is 3.40. The molecule has 1 atom stereocenters. The van der Waals surface area contributed by atoms with Gasteiger partial charge in [-0.1, -0.05) is 23.7 Å². The van der Waals surface area contributed by atoms with Crippen molar-refractivity contribution >= 4 is 23.5 Å². The molecule has 0 bridgehead atoms. The zero-order valence-electron chi connectivity index (χ0n) is 16.1. The van der Waals surface area contributed by atoms with Gasteiger partial charge in [0.15, 0.2) is 0 Å². The summed E-state index contributed by atoms with van der Waals surface area (Å²) in [5.74, 6) is -1.13. The molecule has 3 rings (SSSR count). The van der Waals surface area contributed by atoms with Crippen molar-refractivity contribution in [2.75, 3.05) is 20.3 Å². The standard InChI is InChI=1S/C21H22ClNO5/c1-12-17(20(24)26-3)19(14-6-4-7-15(22)10-14)18(13(2)23-12)21(25)28-11-16-8-5-9-27-16/h4,6-7,10,16H,5,8-9,11H2,1-3H3. The maximum Gasteiger partial charge on any atom is 0.340 e. The highest BCUT2D eigenvalue weighted by Gasteiger charge is 2.28. The first-order valence-electron chi connectivity index (χ1n) is 9.06. The molecule has 28 heavy (non-hydrogen) atoms. The van der Waals surface area contributed by atoms with Crippen LogP contribution in [0.3, 0.4) is 0 Å². The summed E-state index contributed by atoms with van der Waals surface area (Å²) in [6.45, 7) is 4.25. The Kier molecular flexibility index (Phi) is 6.31. The van der Waals surface area contributed by atoms with E-state index in [2.05, 4.69) is 4.98 Å². The second-order valence-corrected chi connectivity index (χ2v) is 7.08. The number of aromatic nitrogens is 1. The van der Waals surface area contributed by atoms with Crippen LogP contribution in [0.4, 0.5) is 0 Å². The number of benzene rings is 1. The quantitative estimate of drug-likeness (QED) is 0.698. The first-order valence-corrected chi connectivity index (χ1v) is 9.44. The van der Waals surface area contributed by atoms with E-state index < -0.39 is 11.9 Å². The van der Waals surface area contributed by atoms with Gasteiger partial charge in [0.1, 0.15) is 6.61 Å². The van der Waals surface area contributed by atoms with Crippen molar-refractivity contribution in [3.63, 3.8) is 0 Å². The lowest BCUT2D eigenvalue weighted by Gasteiger charge is -2.18. The highest BCUT2D eigenvalue weighted by molar-refractivity contribution is 6.31. The zero-order valence-corrected chi connectivity index (χ0v) is 16.8. The monoisotopic (exact) mass is 403 g/mol. The lowest BCUT2D eigenvalue weighted by molar-refractivity contribution is 0.0161. The molecule has 6 nitrogen and oxygen atoms in total. The number of rotatable bonds is 5. The Morgan fingerprint density at radius 1 is 1.21 bits per heavy atom. The van der Waals surface area contributed by atoms with Gasteiger partial charge in [-0.15, -0.1) is 0 Å². The molecule has 1 aromatic heterocycles. The first-order chi connectivity index (χ1) is 13.4. The second-order valence-electron chi connectivity index (χ2n) is 6.64. The van der Waals surface area contributed by atoms with Crippen molar-refractivity contribution in [3.8, 4) is 11.1 Å². The fourth-order valence-corrected chi connectivity index (χ4v) is 3.59. The number of hydrogen-bond donors (Lipinski definition) is 0. The number of carbonyl (C=O) groups excluding carboxylic acids is 2. The van der Waals surface area contributed by atoms with E-state index >= 15 is 0 Å². The average Bonchev–Trinajstić information content (AvgIpc) is 3.18. The van der Waals surface area contributed by atoms with Crippen LogP contribution in [0.2, 0.25) is 5.02 Å². The number of esters is 2. The molecular formula is C21H22ClNO5. The summed E-state index contributed by atoms with van der Waals surface area (Å²) in [7, 11) is 1.29. The molecule has 0 radical (unpaired) electrons. The van der Waals surface area contributed by atoms with E-state index in [0.717, 1.165) is 12.8 Å². The molecule has 0 saturated carbocycles. The Balaban J connectivity index is 2.11. The van der Waals surface area contributed by atoms with E-state index in [-0.39, 0.29) is 23.8 Å². The van der Waals surface area contributed by atoms with E-state index in [9.17, 15) is 9.59 Å². The van der Waals surface area contributed by atoms with Gasteiger partial charge < -0.3 is 14.2 Å². The number of aryl methyl sites for hydroxylation is 2. The van der Waals surface area contributed by atoms with Gasteiger partial charge in [0.2, 0.25) is 0 Å². The Morgan fingerprint density at radius 2 is 1.93 bits per heavy atom. The number of ether oxygens (including phenoxy) is 3. The Labute approximate surface area is 168 Å². The molecule has 1 aromatic carbocycles. The van der Waals surface area contributed by atoms with Crippen LogP contribution in [0.5, 0.6) is 0 Å². The van der Waals surface area contributed by atoms with Crippen LogP contribution in [-0.4, -0.2) is 43.4 Å². The molecule has 2 heterocycles. The minimum absolute atomic E-state index is 0.0997. The zero-order chi connectivity index (χ0) is 20.3. The van der Waals surface area contributed by atoms with Crippen LogP contribution in [0, 0.1) is 13.8 Å². The minimum Gasteiger partial charge on any atom is -0.465 e. The van der Waals surface area contributed by atoms with E-state index in [0.29, 0.717) is 34.1 Å². The summed E-state index contributed by atoms with van der Waals surface area (Å²) in [5.41, 5.74) is 2.42. The summed E-state index contributed by atoms with van der Waals surface area (Å²) in [4.78, 5) is 29.9. The number of halogens is 1. The molecule has 1 fully saturated rings. The maximum atomic E-state index is 13.0. The largest absolute Gasteiger partial charge is 0.465 e. The number of hydrogen-bond acceptors (Lipinski definition) is 6. The predicted octanol–water partition coefficient (Wildman–Crippen LogP) is 4.14. The van der Waals surface area contributed by atoms with Crippen molar-refractivity contribution in [3.05, 3.63) is 51.8 Å². The smallest absolute Gasteiger partial charge is 0.340 e. The van der Waals surface area contributed by atoms with Crippen molar-refractivity contribution in [1.29, 1.82) is 0 Å². The van der Waals surface area contributed by atoms with Gasteiger partial charge >= 0.3 is 11.9 Å². The summed E-state index contributed by atoms with van der Waals surface area (Å²) in [6.07, 6.45) is 1.71. The minimum atomic E-state index is -0.576. The first kappa shape index (κ1) is 20.3. The van der Waals surface area contributed by atoms with Crippen LogP contribution >= 0.6 is 11.6 Å². The number of pyridine rings is 1. The molecule has 7 heteroatoms. The molecule has 0 spiro atoms. The molecule has 148 valence electrons. The van der Waals surface area contributed by atoms with Gasteiger partial charge in [0.25, 0.3) is 0 Å². The molecule has 2 aromatic rings. The van der Waals surface area contributed by atoms with Crippen molar-refractivity contribution in [2.24, 2.45) is 0 Å². The second kappa shape index (κ2) is 8.71. The summed E-state index contributed by atoms with van der Waals surface area (Å²) in [5, 5.41) is 0.485. The number of methoxy groups -OCH3 is 1. The molecule has 1 aliphatic rings. The third kappa shape index (κ3) is 4.18. The topological polar surface area (TPSA) is 74.7 Å². The van der Waals surface area contributed by atoms with Gasteiger partial charge in [-0.25, -0.2) is 9.59 Å². The maximum absolute atomic E-state index is 13.0. The number of nitrogens with zero attached hydrogens (tertiary/aromatic N) is 1. The highest BCUT2D eigenvalue weighted by Crippen LogP contribution is 2.33. The average molecular weight is 404 g/mol.